The van der Waals surface area contributed by atoms with Gasteiger partial charge in [-0.25, -0.2) is 0 Å². The number of carbonyl (C=O) groups excluding carboxylic acids is 2. The summed E-state index contributed by atoms with van der Waals surface area (Å²) in [5.74, 6) is 3.21. The Balaban J connectivity index is 1.58. The van der Waals surface area contributed by atoms with E-state index < -0.39 is 0 Å². The second-order valence-corrected chi connectivity index (χ2v) is 10.4. The summed E-state index contributed by atoms with van der Waals surface area (Å²) in [4.78, 5) is 24.2. The van der Waals surface area contributed by atoms with Crippen molar-refractivity contribution in [3.8, 4) is 0 Å². The van der Waals surface area contributed by atoms with E-state index in [1.54, 1.807) is 6.92 Å². The molecule has 0 N–H and O–H groups in total. The number of rotatable bonds is 2. The molecular weight excluding hydrogens is 324 g/mol. The molecular formula is C23H36O3. The van der Waals surface area contributed by atoms with Crippen LogP contribution in [-0.2, 0) is 14.3 Å². The van der Waals surface area contributed by atoms with Crippen molar-refractivity contribution >= 4 is 11.8 Å². The fourth-order valence-corrected chi connectivity index (χ4v) is 7.87. The summed E-state index contributed by atoms with van der Waals surface area (Å²) in [5, 5.41) is 0. The van der Waals surface area contributed by atoms with E-state index in [0.29, 0.717) is 23.0 Å². The van der Waals surface area contributed by atoms with Gasteiger partial charge in [0.2, 0.25) is 0 Å². The average Bonchev–Trinajstić information content (AvgIpc) is 2.90. The van der Waals surface area contributed by atoms with Crippen LogP contribution in [0.5, 0.6) is 0 Å². The van der Waals surface area contributed by atoms with Crippen LogP contribution >= 0.6 is 0 Å². The van der Waals surface area contributed by atoms with Gasteiger partial charge in [-0.3, -0.25) is 9.59 Å². The molecule has 4 rings (SSSR count). The standard InChI is InChI=1S/C23H36O3/c1-5-23(26-15(2)24)13-12-21(3)16(14-23)6-7-17-18-8-9-20(25)22(18,4)11-10-19(17)21/h16-19H,5-14H2,1-4H3/t16-,17?,18?,19?,21-,22-,23+/m0/s1. The van der Waals surface area contributed by atoms with Crippen LogP contribution in [0, 0.1) is 34.5 Å². The molecule has 4 fully saturated rings. The van der Waals surface area contributed by atoms with Gasteiger partial charge >= 0.3 is 5.97 Å². The SMILES string of the molecule is CC[C@@]1(OC(C)=O)CC[C@]2(C)C3CC[C@]4(C)C(=O)CCC4C3CC[C@H]2C1. The van der Waals surface area contributed by atoms with Gasteiger partial charge in [-0.1, -0.05) is 20.8 Å². The van der Waals surface area contributed by atoms with Crippen LogP contribution in [0.1, 0.15) is 91.9 Å². The van der Waals surface area contributed by atoms with E-state index >= 15 is 0 Å². The zero-order valence-electron chi connectivity index (χ0n) is 17.1. The Morgan fingerprint density at radius 3 is 2.54 bits per heavy atom. The highest BCUT2D eigenvalue weighted by atomic mass is 16.6. The minimum Gasteiger partial charge on any atom is -0.459 e. The molecule has 3 heteroatoms. The smallest absolute Gasteiger partial charge is 0.303 e. The maximum atomic E-state index is 12.5. The first-order valence-electron chi connectivity index (χ1n) is 11.0. The number of hydrogen-bond donors (Lipinski definition) is 0. The molecule has 4 aliphatic carbocycles. The summed E-state index contributed by atoms with van der Waals surface area (Å²) >= 11 is 0. The first-order valence-corrected chi connectivity index (χ1v) is 11.0. The molecule has 0 saturated heterocycles. The van der Waals surface area contributed by atoms with Gasteiger partial charge < -0.3 is 4.74 Å². The normalized spacial score (nSPS) is 50.5. The third kappa shape index (κ3) is 2.52. The zero-order valence-corrected chi connectivity index (χ0v) is 17.1. The molecule has 0 aromatic carbocycles. The molecule has 0 aromatic rings. The molecule has 0 bridgehead atoms. The topological polar surface area (TPSA) is 43.4 Å². The number of hydrogen-bond acceptors (Lipinski definition) is 3. The Labute approximate surface area is 158 Å². The van der Waals surface area contributed by atoms with E-state index in [4.69, 9.17) is 4.74 Å². The summed E-state index contributed by atoms with van der Waals surface area (Å²) in [6, 6.07) is 0. The number of esters is 1. The molecule has 3 unspecified atom stereocenters. The molecule has 26 heavy (non-hydrogen) atoms. The minimum atomic E-state index is -0.227. The van der Waals surface area contributed by atoms with Gasteiger partial charge in [0.1, 0.15) is 11.4 Å². The lowest BCUT2D eigenvalue weighted by Gasteiger charge is -2.61. The van der Waals surface area contributed by atoms with Gasteiger partial charge in [-0.05, 0) is 86.9 Å². The Hall–Kier alpha value is -0.860. The number of ketones is 1. The van der Waals surface area contributed by atoms with Gasteiger partial charge in [0.25, 0.3) is 0 Å². The Kier molecular flexibility index (Phi) is 4.32. The van der Waals surface area contributed by atoms with Crippen molar-refractivity contribution in [2.45, 2.75) is 97.5 Å². The van der Waals surface area contributed by atoms with E-state index in [0.717, 1.165) is 50.4 Å². The van der Waals surface area contributed by atoms with Crippen molar-refractivity contribution in [2.75, 3.05) is 0 Å². The van der Waals surface area contributed by atoms with E-state index in [1.807, 2.05) is 0 Å². The first kappa shape index (κ1) is 18.5. The third-order valence-corrected chi connectivity index (χ3v) is 9.52. The van der Waals surface area contributed by atoms with Gasteiger partial charge in [0.05, 0.1) is 0 Å². The van der Waals surface area contributed by atoms with Crippen LogP contribution in [0.15, 0.2) is 0 Å². The van der Waals surface area contributed by atoms with Crippen molar-refractivity contribution in [1.29, 1.82) is 0 Å². The van der Waals surface area contributed by atoms with Crippen molar-refractivity contribution in [3.05, 3.63) is 0 Å². The lowest BCUT2D eigenvalue weighted by atomic mass is 9.44. The highest BCUT2D eigenvalue weighted by Crippen LogP contribution is 2.66. The predicted molar refractivity (Wildman–Crippen MR) is 102 cm³/mol. The number of fused-ring (bicyclic) bond motifs is 5. The Morgan fingerprint density at radius 2 is 1.85 bits per heavy atom. The molecule has 0 amide bonds. The van der Waals surface area contributed by atoms with E-state index in [1.165, 1.54) is 25.7 Å². The fraction of sp³-hybridized carbons (Fsp3) is 0.913. The molecule has 0 aromatic heterocycles. The van der Waals surface area contributed by atoms with Crippen LogP contribution in [0.2, 0.25) is 0 Å². The first-order chi connectivity index (χ1) is 12.2. The van der Waals surface area contributed by atoms with Crippen molar-refractivity contribution in [3.63, 3.8) is 0 Å². The average molecular weight is 361 g/mol. The molecule has 4 saturated carbocycles. The quantitative estimate of drug-likeness (QED) is 0.627. The Bertz CT molecular complexity index is 613. The maximum Gasteiger partial charge on any atom is 0.303 e. The fourth-order valence-electron chi connectivity index (χ4n) is 7.87. The van der Waals surface area contributed by atoms with Crippen LogP contribution in [0.4, 0.5) is 0 Å². The molecule has 7 atom stereocenters. The van der Waals surface area contributed by atoms with Gasteiger partial charge in [-0.15, -0.1) is 0 Å². The van der Waals surface area contributed by atoms with Crippen molar-refractivity contribution < 1.29 is 14.3 Å². The molecule has 0 spiro atoms. The summed E-state index contributed by atoms with van der Waals surface area (Å²) in [7, 11) is 0. The van der Waals surface area contributed by atoms with Crippen LogP contribution in [0.3, 0.4) is 0 Å². The monoisotopic (exact) mass is 360 g/mol. The van der Waals surface area contributed by atoms with Crippen LogP contribution in [0.25, 0.3) is 0 Å². The van der Waals surface area contributed by atoms with Crippen molar-refractivity contribution in [2.24, 2.45) is 34.5 Å². The number of carbonyl (C=O) groups is 2. The van der Waals surface area contributed by atoms with Gasteiger partial charge in [0, 0.05) is 18.8 Å². The lowest BCUT2D eigenvalue weighted by molar-refractivity contribution is -0.182. The largest absolute Gasteiger partial charge is 0.459 e. The third-order valence-electron chi connectivity index (χ3n) is 9.52. The molecule has 0 heterocycles. The highest BCUT2D eigenvalue weighted by molar-refractivity contribution is 5.87. The van der Waals surface area contributed by atoms with Gasteiger partial charge in [-0.2, -0.15) is 0 Å². The van der Waals surface area contributed by atoms with E-state index in [-0.39, 0.29) is 17.0 Å². The highest BCUT2D eigenvalue weighted by Gasteiger charge is 2.61. The summed E-state index contributed by atoms with van der Waals surface area (Å²) in [5.41, 5.74) is 0.119. The zero-order chi connectivity index (χ0) is 18.7. The predicted octanol–water partition coefficient (Wildman–Crippen LogP) is 5.31. The number of ether oxygens (including phenoxy) is 1. The summed E-state index contributed by atoms with van der Waals surface area (Å²) in [6.45, 7) is 8.52. The van der Waals surface area contributed by atoms with Crippen LogP contribution < -0.4 is 0 Å². The van der Waals surface area contributed by atoms with Crippen molar-refractivity contribution in [1.82, 2.24) is 0 Å². The van der Waals surface area contributed by atoms with E-state index in [9.17, 15) is 9.59 Å². The molecule has 146 valence electrons. The summed E-state index contributed by atoms with van der Waals surface area (Å²) in [6.07, 6.45) is 11.0. The number of Topliss-reactive ketones (excluding diaryl/α,β-unsaturated/α-hetero) is 1. The molecule has 3 nitrogen and oxygen atoms in total. The lowest BCUT2D eigenvalue weighted by Crippen LogP contribution is -2.56. The molecule has 0 radical (unpaired) electrons. The van der Waals surface area contributed by atoms with Crippen LogP contribution in [-0.4, -0.2) is 17.4 Å². The molecule has 0 aliphatic heterocycles. The molecule has 4 aliphatic rings. The van der Waals surface area contributed by atoms with E-state index in [2.05, 4.69) is 20.8 Å². The minimum absolute atomic E-state index is 0.0239. The van der Waals surface area contributed by atoms with Gasteiger partial charge in [0.15, 0.2) is 0 Å². The Morgan fingerprint density at radius 1 is 1.08 bits per heavy atom. The second-order valence-electron chi connectivity index (χ2n) is 10.4. The summed E-state index contributed by atoms with van der Waals surface area (Å²) < 4.78 is 5.87. The maximum absolute atomic E-state index is 12.5. The second kappa shape index (κ2) is 6.07.